The zero-order valence-corrected chi connectivity index (χ0v) is 17.3. The fourth-order valence-corrected chi connectivity index (χ4v) is 4.57. The molecule has 172 valence electrons. The minimum absolute atomic E-state index is 0.0221. The van der Waals surface area contributed by atoms with E-state index in [2.05, 4.69) is 0 Å². The Labute approximate surface area is 181 Å². The number of alkyl halides is 3. The molecule has 0 aromatic heterocycles. The lowest BCUT2D eigenvalue weighted by atomic mass is 10.1. The largest absolute Gasteiger partial charge is 0.483 e. The number of benzene rings is 2. The molecule has 0 unspecified atom stereocenters. The SMILES string of the molecule is O=C(COc1ccc([N+](=O)[O-])cc1C(F)(F)F)N1CCN(S(=O)(=O)c2ccccc2)CC1. The average Bonchev–Trinajstić information content (AvgIpc) is 2.77. The minimum atomic E-state index is -4.91. The van der Waals surface area contributed by atoms with E-state index >= 15 is 0 Å². The number of nitrogens with zero attached hydrogens (tertiary/aromatic N) is 3. The quantitative estimate of drug-likeness (QED) is 0.471. The van der Waals surface area contributed by atoms with Crippen LogP contribution in [0.3, 0.4) is 0 Å². The van der Waals surface area contributed by atoms with Crippen molar-refractivity contribution in [2.24, 2.45) is 0 Å². The lowest BCUT2D eigenvalue weighted by molar-refractivity contribution is -0.385. The summed E-state index contributed by atoms with van der Waals surface area (Å²) in [6.07, 6.45) is -4.91. The Hall–Kier alpha value is -3.19. The van der Waals surface area contributed by atoms with Gasteiger partial charge < -0.3 is 9.64 Å². The number of sulfonamides is 1. The number of ether oxygens (including phenoxy) is 1. The molecule has 0 aliphatic carbocycles. The molecule has 13 heteroatoms. The van der Waals surface area contributed by atoms with Crippen LogP contribution in [0.4, 0.5) is 18.9 Å². The lowest BCUT2D eigenvalue weighted by Gasteiger charge is -2.34. The van der Waals surface area contributed by atoms with Crippen LogP contribution in [0, 0.1) is 10.1 Å². The van der Waals surface area contributed by atoms with Crippen molar-refractivity contribution in [3.8, 4) is 5.75 Å². The summed E-state index contributed by atoms with van der Waals surface area (Å²) in [5, 5.41) is 10.7. The molecular formula is C19H18F3N3O6S. The average molecular weight is 473 g/mol. The third-order valence-electron chi connectivity index (χ3n) is 4.80. The number of amides is 1. The van der Waals surface area contributed by atoms with Crippen LogP contribution in [0.1, 0.15) is 5.56 Å². The van der Waals surface area contributed by atoms with Crippen LogP contribution in [0.25, 0.3) is 0 Å². The van der Waals surface area contributed by atoms with E-state index in [0.29, 0.717) is 6.07 Å². The highest BCUT2D eigenvalue weighted by Crippen LogP contribution is 2.38. The first-order chi connectivity index (χ1) is 15.0. The van der Waals surface area contributed by atoms with Crippen molar-refractivity contribution < 1.29 is 36.0 Å². The van der Waals surface area contributed by atoms with Gasteiger partial charge in [0.05, 0.1) is 9.82 Å². The number of hydrogen-bond acceptors (Lipinski definition) is 6. The molecule has 1 heterocycles. The van der Waals surface area contributed by atoms with Crippen LogP contribution in [-0.4, -0.2) is 61.2 Å². The minimum Gasteiger partial charge on any atom is -0.483 e. The number of rotatable bonds is 6. The Balaban J connectivity index is 1.62. The number of nitro benzene ring substituents is 1. The van der Waals surface area contributed by atoms with Gasteiger partial charge in [0, 0.05) is 38.3 Å². The number of carbonyl (C=O) groups excluding carboxylic acids is 1. The van der Waals surface area contributed by atoms with Crippen LogP contribution >= 0.6 is 0 Å². The smallest absolute Gasteiger partial charge is 0.420 e. The monoisotopic (exact) mass is 473 g/mol. The molecule has 1 saturated heterocycles. The van der Waals surface area contributed by atoms with Gasteiger partial charge in [-0.2, -0.15) is 17.5 Å². The third-order valence-corrected chi connectivity index (χ3v) is 6.72. The summed E-state index contributed by atoms with van der Waals surface area (Å²) in [6, 6.07) is 9.78. The van der Waals surface area contributed by atoms with Gasteiger partial charge >= 0.3 is 6.18 Å². The summed E-state index contributed by atoms with van der Waals surface area (Å²) < 4.78 is 71.1. The molecule has 2 aromatic carbocycles. The number of halogens is 3. The zero-order chi connectivity index (χ0) is 23.5. The maximum atomic E-state index is 13.2. The Kier molecular flexibility index (Phi) is 6.69. The molecule has 1 amide bonds. The van der Waals surface area contributed by atoms with Gasteiger partial charge in [0.15, 0.2) is 6.61 Å². The molecule has 0 atom stereocenters. The highest BCUT2D eigenvalue weighted by Gasteiger charge is 2.36. The fourth-order valence-electron chi connectivity index (χ4n) is 3.13. The first kappa shape index (κ1) is 23.5. The molecule has 0 radical (unpaired) electrons. The van der Waals surface area contributed by atoms with E-state index in [9.17, 15) is 36.5 Å². The summed E-state index contributed by atoms with van der Waals surface area (Å²) in [6.45, 7) is -0.601. The lowest BCUT2D eigenvalue weighted by Crippen LogP contribution is -2.51. The highest BCUT2D eigenvalue weighted by molar-refractivity contribution is 7.89. The van der Waals surface area contributed by atoms with Crippen molar-refractivity contribution in [3.05, 3.63) is 64.2 Å². The van der Waals surface area contributed by atoms with Gasteiger partial charge in [0.2, 0.25) is 10.0 Å². The van der Waals surface area contributed by atoms with Gasteiger partial charge in [-0.05, 0) is 18.2 Å². The van der Waals surface area contributed by atoms with Crippen molar-refractivity contribution in [2.45, 2.75) is 11.1 Å². The molecule has 1 aliphatic rings. The first-order valence-electron chi connectivity index (χ1n) is 9.31. The number of non-ortho nitro benzene ring substituents is 1. The first-order valence-corrected chi connectivity index (χ1v) is 10.8. The van der Waals surface area contributed by atoms with E-state index in [1.165, 1.54) is 21.3 Å². The van der Waals surface area contributed by atoms with Crippen molar-refractivity contribution in [2.75, 3.05) is 32.8 Å². The molecule has 1 fully saturated rings. The van der Waals surface area contributed by atoms with E-state index in [1.54, 1.807) is 18.2 Å². The molecule has 1 aliphatic heterocycles. The summed E-state index contributed by atoms with van der Waals surface area (Å²) in [7, 11) is -3.72. The Bertz CT molecular complexity index is 1100. The second kappa shape index (κ2) is 9.12. The molecule has 3 rings (SSSR count). The van der Waals surface area contributed by atoms with Crippen LogP contribution < -0.4 is 4.74 Å². The third kappa shape index (κ3) is 5.16. The molecule has 32 heavy (non-hydrogen) atoms. The molecule has 0 N–H and O–H groups in total. The summed E-state index contributed by atoms with van der Waals surface area (Å²) in [5.74, 6) is -1.34. The van der Waals surface area contributed by atoms with Crippen LogP contribution in [0.15, 0.2) is 53.4 Å². The van der Waals surface area contributed by atoms with Crippen molar-refractivity contribution in [3.63, 3.8) is 0 Å². The van der Waals surface area contributed by atoms with Crippen molar-refractivity contribution in [1.82, 2.24) is 9.21 Å². The van der Waals surface area contributed by atoms with Gasteiger partial charge in [-0.15, -0.1) is 0 Å². The fraction of sp³-hybridized carbons (Fsp3) is 0.316. The molecule has 2 aromatic rings. The standard InChI is InChI=1S/C19H18F3N3O6S/c20-19(21,22)16-12-14(25(27)28)6-7-17(16)31-13-18(26)23-8-10-24(11-9-23)32(29,30)15-4-2-1-3-5-15/h1-7,12H,8-11,13H2. The maximum absolute atomic E-state index is 13.2. The molecule has 9 nitrogen and oxygen atoms in total. The van der Waals surface area contributed by atoms with Crippen molar-refractivity contribution >= 4 is 21.6 Å². The molecular weight excluding hydrogens is 455 g/mol. The van der Waals surface area contributed by atoms with E-state index in [1.807, 2.05) is 0 Å². The zero-order valence-electron chi connectivity index (χ0n) is 16.5. The van der Waals surface area contributed by atoms with E-state index < -0.39 is 50.6 Å². The van der Waals surface area contributed by atoms with Gasteiger partial charge in [-0.1, -0.05) is 18.2 Å². The Morgan fingerprint density at radius 2 is 1.69 bits per heavy atom. The van der Waals surface area contributed by atoms with E-state index in [-0.39, 0.29) is 31.1 Å². The van der Waals surface area contributed by atoms with E-state index in [4.69, 9.17) is 4.74 Å². The Morgan fingerprint density at radius 1 is 1.06 bits per heavy atom. The predicted octanol–water partition coefficient (Wildman–Crippen LogP) is 2.53. The number of hydrogen-bond donors (Lipinski definition) is 0. The summed E-state index contributed by atoms with van der Waals surface area (Å²) in [4.78, 5) is 23.6. The highest BCUT2D eigenvalue weighted by atomic mass is 32.2. The number of nitro groups is 1. The summed E-state index contributed by atoms with van der Waals surface area (Å²) >= 11 is 0. The Morgan fingerprint density at radius 3 is 2.25 bits per heavy atom. The van der Waals surface area contributed by atoms with Gasteiger partial charge in [-0.25, -0.2) is 8.42 Å². The topological polar surface area (TPSA) is 110 Å². The van der Waals surface area contributed by atoms with Crippen LogP contribution in [0.5, 0.6) is 5.75 Å². The number of carbonyl (C=O) groups is 1. The molecule has 0 saturated carbocycles. The normalized spacial score (nSPS) is 15.4. The molecule has 0 bridgehead atoms. The summed E-state index contributed by atoms with van der Waals surface area (Å²) in [5.41, 5.74) is -2.12. The van der Waals surface area contributed by atoms with Gasteiger partial charge in [0.25, 0.3) is 11.6 Å². The van der Waals surface area contributed by atoms with E-state index in [0.717, 1.165) is 12.1 Å². The van der Waals surface area contributed by atoms with Crippen LogP contribution in [-0.2, 0) is 21.0 Å². The second-order valence-corrected chi connectivity index (χ2v) is 8.76. The number of piperazine rings is 1. The van der Waals surface area contributed by atoms with Crippen molar-refractivity contribution in [1.29, 1.82) is 0 Å². The maximum Gasteiger partial charge on any atom is 0.420 e. The van der Waals surface area contributed by atoms with Gasteiger partial charge in [0.1, 0.15) is 11.3 Å². The second-order valence-electron chi connectivity index (χ2n) is 6.82. The van der Waals surface area contributed by atoms with Crippen LogP contribution in [0.2, 0.25) is 0 Å². The van der Waals surface area contributed by atoms with Gasteiger partial charge in [-0.3, -0.25) is 14.9 Å². The molecule has 0 spiro atoms. The predicted molar refractivity (Wildman–Crippen MR) is 105 cm³/mol.